The Morgan fingerprint density at radius 3 is 2.05 bits per heavy atom. The van der Waals surface area contributed by atoms with Crippen LogP contribution in [0.4, 0.5) is 0 Å². The summed E-state index contributed by atoms with van der Waals surface area (Å²) in [6, 6.07) is 0. The van der Waals surface area contributed by atoms with Gasteiger partial charge in [-0.3, -0.25) is 19.3 Å². The van der Waals surface area contributed by atoms with E-state index in [-0.39, 0.29) is 45.8 Å². The number of carbonyl (C=O) groups excluding carboxylic acids is 3. The Bertz CT molecular complexity index is 467. The first-order valence-electron chi connectivity index (χ1n) is 7.48. The lowest BCUT2D eigenvalue weighted by molar-refractivity contribution is -0.148. The molecule has 1 aliphatic carbocycles. The molecule has 6 nitrogen and oxygen atoms in total. The van der Waals surface area contributed by atoms with Gasteiger partial charge in [0.1, 0.15) is 6.54 Å². The fraction of sp³-hybridized carbons (Fsp3) is 0.786. The van der Waals surface area contributed by atoms with Crippen molar-refractivity contribution >= 4 is 49.6 Å². The summed E-state index contributed by atoms with van der Waals surface area (Å²) in [7, 11) is 0. The van der Waals surface area contributed by atoms with Crippen LogP contribution in [0.1, 0.15) is 12.8 Å². The van der Waals surface area contributed by atoms with Crippen molar-refractivity contribution in [2.75, 3.05) is 32.8 Å². The average Bonchev–Trinajstić information content (AvgIpc) is 2.74. The van der Waals surface area contributed by atoms with E-state index >= 15 is 0 Å². The van der Waals surface area contributed by atoms with Gasteiger partial charge in [0.25, 0.3) is 0 Å². The van der Waals surface area contributed by atoms with Gasteiger partial charge in [-0.15, -0.1) is 0 Å². The third kappa shape index (κ3) is 2.97. The second kappa shape index (κ2) is 6.57. The minimum Gasteiger partial charge on any atom is -0.378 e. The summed E-state index contributed by atoms with van der Waals surface area (Å²) >= 11 is 7.11. The van der Waals surface area contributed by atoms with E-state index in [0.29, 0.717) is 39.1 Å². The van der Waals surface area contributed by atoms with E-state index in [4.69, 9.17) is 4.74 Å². The Kier molecular flexibility index (Phi) is 4.89. The minimum absolute atomic E-state index is 0.134. The molecule has 3 fully saturated rings. The Hall–Kier alpha value is -0.470. The standard InChI is InChI=1S/C14H18Br2N2O4/c15-10-5-8-9(6-11(10)16)14(21)18(13(8)20)7-12(19)17-1-3-22-4-2-17/h8-11H,1-7H2/t8-,9+,10-,11-/m0/s1. The van der Waals surface area contributed by atoms with Gasteiger partial charge < -0.3 is 9.64 Å². The highest BCUT2D eigenvalue weighted by molar-refractivity contribution is 9.12. The zero-order valence-electron chi connectivity index (χ0n) is 12.0. The second-order valence-electron chi connectivity index (χ2n) is 5.97. The molecule has 4 atom stereocenters. The number of fused-ring (bicyclic) bond motifs is 1. The number of morpholine rings is 1. The summed E-state index contributed by atoms with van der Waals surface area (Å²) in [6.07, 6.45) is 1.26. The molecule has 0 spiro atoms. The lowest BCUT2D eigenvalue weighted by Gasteiger charge is -2.29. The van der Waals surface area contributed by atoms with Crippen LogP contribution in [0.2, 0.25) is 0 Å². The van der Waals surface area contributed by atoms with E-state index in [2.05, 4.69) is 31.9 Å². The first-order valence-corrected chi connectivity index (χ1v) is 9.31. The number of hydrogen-bond acceptors (Lipinski definition) is 4. The van der Waals surface area contributed by atoms with E-state index in [1.807, 2.05) is 0 Å². The van der Waals surface area contributed by atoms with Gasteiger partial charge in [-0.25, -0.2) is 0 Å². The molecule has 0 unspecified atom stereocenters. The molecule has 0 N–H and O–H groups in total. The Labute approximate surface area is 145 Å². The largest absolute Gasteiger partial charge is 0.378 e. The predicted octanol–water partition coefficient (Wildman–Crippen LogP) is 0.767. The summed E-state index contributed by atoms with van der Waals surface area (Å²) in [5, 5.41) is 0. The smallest absolute Gasteiger partial charge is 0.242 e. The molecule has 0 aromatic carbocycles. The summed E-state index contributed by atoms with van der Waals surface area (Å²) in [4.78, 5) is 40.5. The number of rotatable bonds is 2. The molecule has 2 heterocycles. The topological polar surface area (TPSA) is 66.9 Å². The average molecular weight is 438 g/mol. The molecule has 3 amide bonds. The van der Waals surface area contributed by atoms with E-state index < -0.39 is 0 Å². The first kappa shape index (κ1) is 16.4. The molecule has 3 aliphatic rings. The molecule has 0 aromatic rings. The maximum Gasteiger partial charge on any atom is 0.242 e. The van der Waals surface area contributed by atoms with Crippen LogP contribution in [0.25, 0.3) is 0 Å². The Morgan fingerprint density at radius 1 is 1.05 bits per heavy atom. The predicted molar refractivity (Wildman–Crippen MR) is 85.8 cm³/mol. The number of imide groups is 1. The summed E-state index contributed by atoms with van der Waals surface area (Å²) < 4.78 is 5.21. The van der Waals surface area contributed by atoms with E-state index in [9.17, 15) is 14.4 Å². The summed E-state index contributed by atoms with van der Waals surface area (Å²) in [5.74, 6) is -1.14. The first-order chi connectivity index (χ1) is 10.5. The molecule has 8 heteroatoms. The maximum absolute atomic E-state index is 12.5. The van der Waals surface area contributed by atoms with Crippen LogP contribution in [0.5, 0.6) is 0 Å². The molecular weight excluding hydrogens is 420 g/mol. The zero-order valence-corrected chi connectivity index (χ0v) is 15.2. The van der Waals surface area contributed by atoms with Crippen molar-refractivity contribution in [3.8, 4) is 0 Å². The van der Waals surface area contributed by atoms with Crippen molar-refractivity contribution in [3.63, 3.8) is 0 Å². The molecule has 0 radical (unpaired) electrons. The van der Waals surface area contributed by atoms with Crippen molar-refractivity contribution < 1.29 is 19.1 Å². The van der Waals surface area contributed by atoms with E-state index in [1.54, 1.807) is 4.90 Å². The highest BCUT2D eigenvalue weighted by Crippen LogP contribution is 2.43. The number of halogens is 2. The van der Waals surface area contributed by atoms with Crippen LogP contribution in [0.3, 0.4) is 0 Å². The molecule has 1 saturated carbocycles. The second-order valence-corrected chi connectivity index (χ2v) is 8.32. The highest BCUT2D eigenvalue weighted by atomic mass is 79.9. The number of alkyl halides is 2. The van der Waals surface area contributed by atoms with Crippen LogP contribution in [0, 0.1) is 11.8 Å². The van der Waals surface area contributed by atoms with Crippen molar-refractivity contribution in [1.82, 2.24) is 9.80 Å². The van der Waals surface area contributed by atoms with Gasteiger partial charge >= 0.3 is 0 Å². The number of ether oxygens (including phenoxy) is 1. The van der Waals surface area contributed by atoms with Crippen LogP contribution < -0.4 is 0 Å². The molecule has 3 rings (SSSR count). The van der Waals surface area contributed by atoms with Crippen molar-refractivity contribution in [2.24, 2.45) is 11.8 Å². The van der Waals surface area contributed by atoms with Gasteiger partial charge in [0.15, 0.2) is 0 Å². The fourth-order valence-corrected chi connectivity index (χ4v) is 4.60. The number of likely N-dealkylation sites (tertiary alicyclic amines) is 1. The van der Waals surface area contributed by atoms with Gasteiger partial charge in [0.2, 0.25) is 17.7 Å². The van der Waals surface area contributed by atoms with Gasteiger partial charge in [-0.2, -0.15) is 0 Å². The number of amides is 3. The lowest BCUT2D eigenvalue weighted by atomic mass is 9.81. The number of carbonyl (C=O) groups is 3. The molecule has 0 bridgehead atoms. The van der Waals surface area contributed by atoms with Crippen LogP contribution >= 0.6 is 31.9 Å². The number of nitrogens with zero attached hydrogens (tertiary/aromatic N) is 2. The normalized spacial score (nSPS) is 35.7. The van der Waals surface area contributed by atoms with Crippen molar-refractivity contribution in [3.05, 3.63) is 0 Å². The quantitative estimate of drug-likeness (QED) is 0.472. The van der Waals surface area contributed by atoms with Crippen LogP contribution in [-0.2, 0) is 19.1 Å². The molecule has 122 valence electrons. The van der Waals surface area contributed by atoms with Gasteiger partial charge in [0, 0.05) is 22.7 Å². The molecule has 22 heavy (non-hydrogen) atoms. The van der Waals surface area contributed by atoms with Crippen molar-refractivity contribution in [1.29, 1.82) is 0 Å². The van der Waals surface area contributed by atoms with E-state index in [1.165, 1.54) is 0 Å². The zero-order chi connectivity index (χ0) is 15.9. The molecular formula is C14H18Br2N2O4. The van der Waals surface area contributed by atoms with Crippen LogP contribution in [-0.4, -0.2) is 70.0 Å². The highest BCUT2D eigenvalue weighted by Gasteiger charge is 2.52. The Morgan fingerprint density at radius 2 is 1.55 bits per heavy atom. The third-order valence-corrected chi connectivity index (χ3v) is 7.39. The van der Waals surface area contributed by atoms with E-state index in [0.717, 1.165) is 4.90 Å². The molecule has 2 saturated heterocycles. The summed E-state index contributed by atoms with van der Waals surface area (Å²) in [6.45, 7) is 1.93. The molecule has 0 aromatic heterocycles. The number of hydrogen-bond donors (Lipinski definition) is 0. The summed E-state index contributed by atoms with van der Waals surface area (Å²) in [5.41, 5.74) is 0. The third-order valence-electron chi connectivity index (χ3n) is 4.66. The molecule has 2 aliphatic heterocycles. The van der Waals surface area contributed by atoms with Crippen molar-refractivity contribution in [2.45, 2.75) is 22.5 Å². The minimum atomic E-state index is -0.289. The van der Waals surface area contributed by atoms with Gasteiger partial charge in [0.05, 0.1) is 25.0 Å². The van der Waals surface area contributed by atoms with Gasteiger partial charge in [-0.1, -0.05) is 31.9 Å². The van der Waals surface area contributed by atoms with Gasteiger partial charge in [-0.05, 0) is 12.8 Å². The fourth-order valence-electron chi connectivity index (χ4n) is 3.37. The lowest BCUT2D eigenvalue weighted by Crippen LogP contribution is -2.47. The monoisotopic (exact) mass is 436 g/mol. The maximum atomic E-state index is 12.5. The SMILES string of the molecule is O=C(CN1C(=O)[C@H]2C[C@H](Br)[C@@H](Br)C[C@H]2C1=O)N1CCOCC1. The van der Waals surface area contributed by atoms with Crippen LogP contribution in [0.15, 0.2) is 0 Å². The Balaban J connectivity index is 1.68.